The highest BCUT2D eigenvalue weighted by atomic mass is 79.9. The van der Waals surface area contributed by atoms with Crippen molar-refractivity contribution in [1.29, 1.82) is 0 Å². The molecular formula is C7H9BrO. The second-order valence-corrected chi connectivity index (χ2v) is 3.00. The van der Waals surface area contributed by atoms with Gasteiger partial charge in [-0.2, -0.15) is 0 Å². The standard InChI is InChI=1S/C7H9BrO/c1-9-7-4-2-3-6(8)5-7/h2-4,7H,5H2,1H3. The van der Waals surface area contributed by atoms with Gasteiger partial charge in [0.15, 0.2) is 0 Å². The molecule has 0 heterocycles. The molecule has 0 radical (unpaired) electrons. The number of methoxy groups -OCH3 is 1. The van der Waals surface area contributed by atoms with Crippen LogP contribution in [0.5, 0.6) is 0 Å². The van der Waals surface area contributed by atoms with Crippen LogP contribution in [0.4, 0.5) is 0 Å². The Morgan fingerprint density at radius 2 is 2.56 bits per heavy atom. The molecule has 0 aliphatic heterocycles. The minimum Gasteiger partial charge on any atom is -0.377 e. The lowest BCUT2D eigenvalue weighted by Crippen LogP contribution is -2.08. The predicted octanol–water partition coefficient (Wildman–Crippen LogP) is 2.24. The van der Waals surface area contributed by atoms with Crippen LogP contribution < -0.4 is 0 Å². The predicted molar refractivity (Wildman–Crippen MR) is 41.6 cm³/mol. The molecule has 1 aliphatic rings. The monoisotopic (exact) mass is 188 g/mol. The zero-order valence-corrected chi connectivity index (χ0v) is 6.89. The summed E-state index contributed by atoms with van der Waals surface area (Å²) >= 11 is 3.40. The Kier molecular flexibility index (Phi) is 2.49. The van der Waals surface area contributed by atoms with Crippen LogP contribution >= 0.6 is 15.9 Å². The highest BCUT2D eigenvalue weighted by molar-refractivity contribution is 9.11. The first kappa shape index (κ1) is 7.03. The Bertz CT molecular complexity index is 149. The molecule has 1 atom stereocenters. The fourth-order valence-electron chi connectivity index (χ4n) is 0.774. The molecule has 9 heavy (non-hydrogen) atoms. The number of hydrogen-bond acceptors (Lipinski definition) is 1. The molecule has 0 aromatic carbocycles. The summed E-state index contributed by atoms with van der Waals surface area (Å²) in [7, 11) is 1.72. The number of rotatable bonds is 1. The molecule has 0 N–H and O–H groups in total. The van der Waals surface area contributed by atoms with E-state index in [-0.39, 0.29) is 6.10 Å². The van der Waals surface area contributed by atoms with Crippen LogP contribution in [0, 0.1) is 0 Å². The van der Waals surface area contributed by atoms with Crippen molar-refractivity contribution in [3.63, 3.8) is 0 Å². The number of ether oxygens (including phenoxy) is 1. The summed E-state index contributed by atoms with van der Waals surface area (Å²) in [6, 6.07) is 0. The van der Waals surface area contributed by atoms with E-state index in [0.29, 0.717) is 0 Å². The Labute approximate surface area is 63.5 Å². The van der Waals surface area contributed by atoms with Crippen LogP contribution in [0.3, 0.4) is 0 Å². The SMILES string of the molecule is COC1C=CC=C(Br)C1. The van der Waals surface area contributed by atoms with Crippen molar-refractivity contribution in [3.8, 4) is 0 Å². The molecule has 50 valence electrons. The normalized spacial score (nSPS) is 26.0. The van der Waals surface area contributed by atoms with Crippen molar-refractivity contribution in [2.45, 2.75) is 12.5 Å². The van der Waals surface area contributed by atoms with E-state index in [9.17, 15) is 0 Å². The van der Waals surface area contributed by atoms with E-state index < -0.39 is 0 Å². The summed E-state index contributed by atoms with van der Waals surface area (Å²) in [5.41, 5.74) is 0. The van der Waals surface area contributed by atoms with E-state index in [1.165, 1.54) is 4.48 Å². The summed E-state index contributed by atoms with van der Waals surface area (Å²) in [6.07, 6.45) is 7.32. The summed E-state index contributed by atoms with van der Waals surface area (Å²) in [5.74, 6) is 0. The van der Waals surface area contributed by atoms with Gasteiger partial charge in [0, 0.05) is 13.5 Å². The molecule has 0 aromatic rings. The molecule has 0 saturated carbocycles. The van der Waals surface area contributed by atoms with Crippen molar-refractivity contribution in [3.05, 3.63) is 22.7 Å². The zero-order chi connectivity index (χ0) is 6.69. The topological polar surface area (TPSA) is 9.23 Å². The van der Waals surface area contributed by atoms with E-state index in [0.717, 1.165) is 6.42 Å². The van der Waals surface area contributed by atoms with Gasteiger partial charge >= 0.3 is 0 Å². The second kappa shape index (κ2) is 3.18. The van der Waals surface area contributed by atoms with Crippen molar-refractivity contribution in [2.24, 2.45) is 0 Å². The maximum Gasteiger partial charge on any atom is 0.0800 e. The summed E-state index contributed by atoms with van der Waals surface area (Å²) in [5, 5.41) is 0. The van der Waals surface area contributed by atoms with Crippen LogP contribution in [0.1, 0.15) is 6.42 Å². The third kappa shape index (κ3) is 1.95. The maximum absolute atomic E-state index is 5.10. The molecule has 1 aliphatic carbocycles. The maximum atomic E-state index is 5.10. The van der Waals surface area contributed by atoms with Gasteiger partial charge in [-0.05, 0) is 4.48 Å². The Morgan fingerprint density at radius 1 is 1.78 bits per heavy atom. The van der Waals surface area contributed by atoms with E-state index in [4.69, 9.17) is 4.74 Å². The van der Waals surface area contributed by atoms with Gasteiger partial charge in [0.25, 0.3) is 0 Å². The molecule has 0 aromatic heterocycles. The molecule has 0 fully saturated rings. The third-order valence-electron chi connectivity index (χ3n) is 1.30. The van der Waals surface area contributed by atoms with Crippen molar-refractivity contribution in [1.82, 2.24) is 0 Å². The average Bonchev–Trinajstić information content (AvgIpc) is 1.88. The average molecular weight is 189 g/mol. The molecule has 2 heteroatoms. The van der Waals surface area contributed by atoms with Crippen molar-refractivity contribution < 1.29 is 4.74 Å². The third-order valence-corrected chi connectivity index (χ3v) is 1.89. The lowest BCUT2D eigenvalue weighted by molar-refractivity contribution is 0.142. The van der Waals surface area contributed by atoms with Crippen molar-refractivity contribution in [2.75, 3.05) is 7.11 Å². The van der Waals surface area contributed by atoms with E-state index in [1.54, 1.807) is 7.11 Å². The fourth-order valence-corrected chi connectivity index (χ4v) is 1.25. The van der Waals surface area contributed by atoms with Gasteiger partial charge in [0.1, 0.15) is 0 Å². The highest BCUT2D eigenvalue weighted by Gasteiger charge is 2.06. The van der Waals surface area contributed by atoms with E-state index in [2.05, 4.69) is 15.9 Å². The minimum atomic E-state index is 0.268. The minimum absolute atomic E-state index is 0.268. The molecule has 1 unspecified atom stereocenters. The molecule has 0 bridgehead atoms. The van der Waals surface area contributed by atoms with E-state index in [1.807, 2.05) is 18.2 Å². The Morgan fingerprint density at radius 3 is 3.00 bits per heavy atom. The molecule has 0 amide bonds. The molecule has 0 spiro atoms. The molecular weight excluding hydrogens is 180 g/mol. The molecule has 0 saturated heterocycles. The second-order valence-electron chi connectivity index (χ2n) is 1.98. The first-order chi connectivity index (χ1) is 4.33. The smallest absolute Gasteiger partial charge is 0.0800 e. The largest absolute Gasteiger partial charge is 0.377 e. The fraction of sp³-hybridized carbons (Fsp3) is 0.429. The van der Waals surface area contributed by atoms with Gasteiger partial charge in [-0.1, -0.05) is 34.2 Å². The summed E-state index contributed by atoms with van der Waals surface area (Å²) in [6.45, 7) is 0. The lowest BCUT2D eigenvalue weighted by atomic mass is 10.1. The number of halogens is 1. The quantitative estimate of drug-likeness (QED) is 0.614. The molecule has 1 rings (SSSR count). The van der Waals surface area contributed by atoms with Crippen LogP contribution in [-0.2, 0) is 4.74 Å². The van der Waals surface area contributed by atoms with Gasteiger partial charge in [-0.25, -0.2) is 0 Å². The highest BCUT2D eigenvalue weighted by Crippen LogP contribution is 2.19. The van der Waals surface area contributed by atoms with Crippen LogP contribution in [0.2, 0.25) is 0 Å². The zero-order valence-electron chi connectivity index (χ0n) is 5.30. The van der Waals surface area contributed by atoms with Gasteiger partial charge in [-0.15, -0.1) is 0 Å². The molecule has 1 nitrogen and oxygen atoms in total. The van der Waals surface area contributed by atoms with Crippen molar-refractivity contribution >= 4 is 15.9 Å². The van der Waals surface area contributed by atoms with Crippen LogP contribution in [-0.4, -0.2) is 13.2 Å². The van der Waals surface area contributed by atoms with E-state index >= 15 is 0 Å². The van der Waals surface area contributed by atoms with Gasteiger partial charge in [0.05, 0.1) is 6.10 Å². The Balaban J connectivity index is 2.51. The van der Waals surface area contributed by atoms with Crippen LogP contribution in [0.15, 0.2) is 22.7 Å². The Hall–Kier alpha value is -0.0800. The van der Waals surface area contributed by atoms with Gasteiger partial charge in [0.2, 0.25) is 0 Å². The number of hydrogen-bond donors (Lipinski definition) is 0. The number of allylic oxidation sites excluding steroid dienone is 2. The lowest BCUT2D eigenvalue weighted by Gasteiger charge is -2.12. The van der Waals surface area contributed by atoms with Gasteiger partial charge in [-0.3, -0.25) is 0 Å². The summed E-state index contributed by atoms with van der Waals surface area (Å²) < 4.78 is 6.31. The van der Waals surface area contributed by atoms with Gasteiger partial charge < -0.3 is 4.74 Å². The first-order valence-corrected chi connectivity index (χ1v) is 3.68. The summed E-state index contributed by atoms with van der Waals surface area (Å²) in [4.78, 5) is 0. The van der Waals surface area contributed by atoms with Crippen LogP contribution in [0.25, 0.3) is 0 Å². The first-order valence-electron chi connectivity index (χ1n) is 2.88.